The number of nitrogens with zero attached hydrogens (tertiary/aromatic N) is 1. The van der Waals surface area contributed by atoms with Gasteiger partial charge in [0.05, 0.1) is 16.5 Å². The van der Waals surface area contributed by atoms with Crippen molar-refractivity contribution >= 4 is 45.2 Å². The van der Waals surface area contributed by atoms with Gasteiger partial charge in [-0.2, -0.15) is 0 Å². The number of rotatable bonds is 6. The molecule has 128 valence electrons. The highest BCUT2D eigenvalue weighted by Crippen LogP contribution is 2.37. The van der Waals surface area contributed by atoms with Crippen LogP contribution in [0, 0.1) is 0 Å². The summed E-state index contributed by atoms with van der Waals surface area (Å²) in [5.41, 5.74) is 0.968. The van der Waals surface area contributed by atoms with E-state index < -0.39 is 5.97 Å². The van der Waals surface area contributed by atoms with Crippen molar-refractivity contribution in [3.8, 4) is 11.5 Å². The van der Waals surface area contributed by atoms with Crippen LogP contribution in [-0.4, -0.2) is 25.6 Å². The number of benzene rings is 1. The minimum atomic E-state index is -0.481. The van der Waals surface area contributed by atoms with Crippen LogP contribution in [0.15, 0.2) is 57.5 Å². The van der Waals surface area contributed by atoms with E-state index in [0.717, 1.165) is 10.4 Å². The Morgan fingerprint density at radius 1 is 1.44 bits per heavy atom. The Kier molecular flexibility index (Phi) is 5.35. The van der Waals surface area contributed by atoms with Crippen LogP contribution in [0.5, 0.6) is 11.5 Å². The number of aliphatic imine (C=N–C) groups is 1. The highest BCUT2D eigenvalue weighted by atomic mass is 79.9. The Morgan fingerprint density at radius 3 is 2.96 bits per heavy atom. The standard InChI is InChI=1S/C18H14BrNO4S/c1-3-6-23-16-12(19)8-11(10-14(16)22-2)9-13-18(21)24-17(20-13)15-5-4-7-25-15/h3-5,7-10H,1,6H2,2H3/b13-9-. The maximum absolute atomic E-state index is 12.1. The third-order valence-corrected chi connectivity index (χ3v) is 4.70. The molecule has 7 heteroatoms. The van der Waals surface area contributed by atoms with Gasteiger partial charge in [-0.15, -0.1) is 11.3 Å². The van der Waals surface area contributed by atoms with Gasteiger partial charge in [-0.1, -0.05) is 18.7 Å². The summed E-state index contributed by atoms with van der Waals surface area (Å²) in [7, 11) is 1.55. The lowest BCUT2D eigenvalue weighted by Gasteiger charge is -2.12. The number of hydrogen-bond donors (Lipinski definition) is 0. The highest BCUT2D eigenvalue weighted by Gasteiger charge is 2.25. The monoisotopic (exact) mass is 419 g/mol. The molecular weight excluding hydrogens is 406 g/mol. The first-order valence-electron chi connectivity index (χ1n) is 7.30. The van der Waals surface area contributed by atoms with Gasteiger partial charge in [0.2, 0.25) is 5.90 Å². The summed E-state index contributed by atoms with van der Waals surface area (Å²) < 4.78 is 16.9. The van der Waals surface area contributed by atoms with Crippen LogP contribution >= 0.6 is 27.3 Å². The molecule has 2 heterocycles. The molecule has 5 nitrogen and oxygen atoms in total. The SMILES string of the molecule is C=CCOc1c(Br)cc(/C=C2\N=C(c3cccs3)OC2=O)cc1OC. The van der Waals surface area contributed by atoms with Gasteiger partial charge in [-0.3, -0.25) is 0 Å². The zero-order valence-corrected chi connectivity index (χ0v) is 15.7. The van der Waals surface area contributed by atoms with E-state index >= 15 is 0 Å². The fraction of sp³-hybridized carbons (Fsp3) is 0.111. The van der Waals surface area contributed by atoms with Crippen molar-refractivity contribution in [2.75, 3.05) is 13.7 Å². The van der Waals surface area contributed by atoms with E-state index in [1.807, 2.05) is 23.6 Å². The van der Waals surface area contributed by atoms with Crippen molar-refractivity contribution < 1.29 is 19.0 Å². The second-order valence-electron chi connectivity index (χ2n) is 4.95. The fourth-order valence-corrected chi connectivity index (χ4v) is 3.40. The molecule has 0 bridgehead atoms. The number of methoxy groups -OCH3 is 1. The number of carbonyl (C=O) groups is 1. The van der Waals surface area contributed by atoms with Crippen molar-refractivity contribution in [2.45, 2.75) is 0 Å². The van der Waals surface area contributed by atoms with Crippen molar-refractivity contribution in [3.05, 3.63) is 62.9 Å². The van der Waals surface area contributed by atoms with E-state index in [2.05, 4.69) is 27.5 Å². The first-order valence-corrected chi connectivity index (χ1v) is 8.97. The summed E-state index contributed by atoms with van der Waals surface area (Å²) in [6.45, 7) is 3.98. The Morgan fingerprint density at radius 2 is 2.28 bits per heavy atom. The molecule has 1 aliphatic heterocycles. The average molecular weight is 420 g/mol. The molecule has 0 spiro atoms. The van der Waals surface area contributed by atoms with Crippen LogP contribution in [0.2, 0.25) is 0 Å². The van der Waals surface area contributed by atoms with E-state index in [-0.39, 0.29) is 5.70 Å². The van der Waals surface area contributed by atoms with Gasteiger partial charge < -0.3 is 14.2 Å². The number of hydrogen-bond acceptors (Lipinski definition) is 6. The Hall–Kier alpha value is -2.38. The first-order chi connectivity index (χ1) is 12.1. The molecule has 0 amide bonds. The molecule has 1 aromatic carbocycles. The quantitative estimate of drug-likeness (QED) is 0.394. The lowest BCUT2D eigenvalue weighted by molar-refractivity contribution is -0.129. The summed E-state index contributed by atoms with van der Waals surface area (Å²) in [6.07, 6.45) is 3.30. The van der Waals surface area contributed by atoms with Crippen molar-refractivity contribution in [1.29, 1.82) is 0 Å². The topological polar surface area (TPSA) is 57.1 Å². The van der Waals surface area contributed by atoms with Gasteiger partial charge >= 0.3 is 5.97 Å². The largest absolute Gasteiger partial charge is 0.493 e. The third kappa shape index (κ3) is 3.83. The minimum absolute atomic E-state index is 0.233. The molecule has 25 heavy (non-hydrogen) atoms. The lowest BCUT2D eigenvalue weighted by atomic mass is 10.1. The van der Waals surface area contributed by atoms with E-state index in [1.54, 1.807) is 25.3 Å². The van der Waals surface area contributed by atoms with E-state index in [1.165, 1.54) is 11.3 Å². The second-order valence-corrected chi connectivity index (χ2v) is 6.75. The van der Waals surface area contributed by atoms with Crippen LogP contribution in [0.3, 0.4) is 0 Å². The van der Waals surface area contributed by atoms with Crippen molar-refractivity contribution in [2.24, 2.45) is 4.99 Å². The summed E-state index contributed by atoms with van der Waals surface area (Å²) in [6, 6.07) is 7.31. The minimum Gasteiger partial charge on any atom is -0.493 e. The van der Waals surface area contributed by atoms with Gasteiger partial charge in [-0.05, 0) is 51.1 Å². The molecule has 0 atom stereocenters. The molecule has 2 aromatic rings. The zero-order chi connectivity index (χ0) is 17.8. The molecule has 0 fully saturated rings. The van der Waals surface area contributed by atoms with Crippen molar-refractivity contribution in [1.82, 2.24) is 0 Å². The first kappa shape index (κ1) is 17.4. The second kappa shape index (κ2) is 7.67. The predicted molar refractivity (Wildman–Crippen MR) is 101 cm³/mol. The normalized spacial score (nSPS) is 15.0. The smallest absolute Gasteiger partial charge is 0.363 e. The van der Waals surface area contributed by atoms with E-state index in [9.17, 15) is 4.79 Å². The highest BCUT2D eigenvalue weighted by molar-refractivity contribution is 9.10. The van der Waals surface area contributed by atoms with Gasteiger partial charge in [0.1, 0.15) is 6.61 Å². The Balaban J connectivity index is 1.94. The predicted octanol–water partition coefficient (Wildman–Crippen LogP) is 4.43. The summed E-state index contributed by atoms with van der Waals surface area (Å²) >= 11 is 4.92. The number of esters is 1. The average Bonchev–Trinajstić information content (AvgIpc) is 3.24. The summed E-state index contributed by atoms with van der Waals surface area (Å²) in [5.74, 6) is 0.951. The molecule has 3 rings (SSSR count). The molecule has 0 unspecified atom stereocenters. The van der Waals surface area contributed by atoms with E-state index in [0.29, 0.717) is 28.5 Å². The molecule has 0 aliphatic carbocycles. The maximum atomic E-state index is 12.1. The van der Waals surface area contributed by atoms with Crippen LogP contribution in [0.4, 0.5) is 0 Å². The number of ether oxygens (including phenoxy) is 3. The summed E-state index contributed by atoms with van der Waals surface area (Å²) in [5, 5.41) is 1.90. The number of thiophene rings is 1. The maximum Gasteiger partial charge on any atom is 0.363 e. The zero-order valence-electron chi connectivity index (χ0n) is 13.3. The molecule has 1 aromatic heterocycles. The van der Waals surface area contributed by atoms with Crippen molar-refractivity contribution in [3.63, 3.8) is 0 Å². The number of halogens is 1. The van der Waals surface area contributed by atoms with Crippen LogP contribution < -0.4 is 9.47 Å². The van der Waals surface area contributed by atoms with Gasteiger partial charge in [0, 0.05) is 0 Å². The Labute approximate surface area is 157 Å². The molecule has 0 saturated carbocycles. The number of carbonyl (C=O) groups excluding carboxylic acids is 1. The molecule has 0 N–H and O–H groups in total. The molecule has 0 saturated heterocycles. The molecule has 0 radical (unpaired) electrons. The summed E-state index contributed by atoms with van der Waals surface area (Å²) in [4.78, 5) is 17.1. The van der Waals surface area contributed by atoms with Gasteiger partial charge in [-0.25, -0.2) is 9.79 Å². The van der Waals surface area contributed by atoms with Crippen LogP contribution in [-0.2, 0) is 9.53 Å². The van der Waals surface area contributed by atoms with E-state index in [4.69, 9.17) is 14.2 Å². The van der Waals surface area contributed by atoms with Gasteiger partial charge in [0.15, 0.2) is 17.2 Å². The fourth-order valence-electron chi connectivity index (χ4n) is 2.18. The van der Waals surface area contributed by atoms with Gasteiger partial charge in [0.25, 0.3) is 0 Å². The van der Waals surface area contributed by atoms with Crippen LogP contribution in [0.1, 0.15) is 10.4 Å². The Bertz CT molecular complexity index is 871. The number of cyclic esters (lactones) is 1. The molecule has 1 aliphatic rings. The third-order valence-electron chi connectivity index (χ3n) is 3.25. The molecular formula is C18H14BrNO4S. The lowest BCUT2D eigenvalue weighted by Crippen LogP contribution is -2.03. The van der Waals surface area contributed by atoms with Crippen LogP contribution in [0.25, 0.3) is 6.08 Å².